The number of aromatic nitrogens is 5. The fourth-order valence-electron chi connectivity index (χ4n) is 6.21. The van der Waals surface area contributed by atoms with Crippen molar-refractivity contribution in [1.82, 2.24) is 30.5 Å². The summed E-state index contributed by atoms with van der Waals surface area (Å²) in [6.45, 7) is 12.5. The highest BCUT2D eigenvalue weighted by atomic mass is 16.5. The number of aryl methyl sites for hydroxylation is 4. The third-order valence-electron chi connectivity index (χ3n) is 9.72. The Labute approximate surface area is 330 Å². The minimum Gasteiger partial charge on any atom is -0.506 e. The maximum absolute atomic E-state index is 13.2. The Bertz CT molecular complexity index is 2590. The largest absolute Gasteiger partial charge is 0.506 e. The number of hydrogen-bond acceptors (Lipinski definition) is 9. The molecule has 0 aliphatic heterocycles. The van der Waals surface area contributed by atoms with Crippen LogP contribution in [0.15, 0.2) is 91.0 Å². The summed E-state index contributed by atoms with van der Waals surface area (Å²) in [4.78, 5) is 39.5. The number of aromatic hydroxyl groups is 1. The number of phenolic OH excluding ortho intramolecular Hbond substituents is 1. The van der Waals surface area contributed by atoms with Crippen LogP contribution in [0.25, 0.3) is 21.8 Å². The van der Waals surface area contributed by atoms with Gasteiger partial charge in [0.2, 0.25) is 0 Å². The smallest absolute Gasteiger partial charge is 0.349 e. The topological polar surface area (TPSA) is 165 Å². The van der Waals surface area contributed by atoms with Gasteiger partial charge in [-0.3, -0.25) is 9.69 Å². The fraction of sp³-hybridized carbons (Fsp3) is 0.227. The molecule has 3 N–H and O–H groups in total. The van der Waals surface area contributed by atoms with Crippen LogP contribution in [0.1, 0.15) is 60.8 Å². The van der Waals surface area contributed by atoms with Crippen molar-refractivity contribution in [3.8, 4) is 17.2 Å². The van der Waals surface area contributed by atoms with Crippen LogP contribution in [0.5, 0.6) is 17.2 Å². The first kappa shape index (κ1) is 39.7. The third kappa shape index (κ3) is 8.94. The number of fused-ring (bicyclic) bond motifs is 2. The Morgan fingerprint density at radius 2 is 1.56 bits per heavy atom. The molecule has 57 heavy (non-hydrogen) atoms. The van der Waals surface area contributed by atoms with E-state index < -0.39 is 5.97 Å². The van der Waals surface area contributed by atoms with Crippen LogP contribution in [-0.4, -0.2) is 68.4 Å². The summed E-state index contributed by atoms with van der Waals surface area (Å²) >= 11 is 0. The van der Waals surface area contributed by atoms with E-state index in [4.69, 9.17) is 9.47 Å². The van der Waals surface area contributed by atoms with Crippen molar-refractivity contribution >= 4 is 45.4 Å². The number of benzene rings is 5. The van der Waals surface area contributed by atoms with Crippen molar-refractivity contribution in [3.63, 3.8) is 0 Å². The molecule has 0 unspecified atom stereocenters. The van der Waals surface area contributed by atoms with Crippen LogP contribution in [-0.2, 0) is 0 Å². The number of amides is 2. The van der Waals surface area contributed by atoms with Gasteiger partial charge < -0.3 is 19.9 Å². The zero-order chi connectivity index (χ0) is 40.8. The predicted molar refractivity (Wildman–Crippen MR) is 220 cm³/mol. The zero-order valence-electron chi connectivity index (χ0n) is 33.0. The lowest BCUT2D eigenvalue weighted by molar-refractivity contribution is 0.0734. The van der Waals surface area contributed by atoms with Gasteiger partial charge >= 0.3 is 12.0 Å². The highest BCUT2D eigenvalue weighted by molar-refractivity contribution is 6.09. The van der Waals surface area contributed by atoms with Gasteiger partial charge in [-0.25, -0.2) is 9.59 Å². The number of carbonyl (C=O) groups is 3. The van der Waals surface area contributed by atoms with Gasteiger partial charge in [-0.2, -0.15) is 25.2 Å². The van der Waals surface area contributed by atoms with E-state index in [1.165, 1.54) is 15.1 Å². The molecule has 0 atom stereocenters. The van der Waals surface area contributed by atoms with Gasteiger partial charge in [0.1, 0.15) is 28.3 Å². The summed E-state index contributed by atoms with van der Waals surface area (Å²) in [7, 11) is 1.67. The maximum Gasteiger partial charge on any atom is 0.349 e. The van der Waals surface area contributed by atoms with Gasteiger partial charge in [0.25, 0.3) is 5.91 Å². The Balaban J connectivity index is 0.000000240. The number of carbonyl (C=O) groups excluding carboxylic acids is 3. The van der Waals surface area contributed by atoms with E-state index in [-0.39, 0.29) is 23.3 Å². The van der Waals surface area contributed by atoms with E-state index in [1.54, 1.807) is 67.7 Å². The number of nitrogens with one attached hydrogen (secondary N) is 2. The first-order valence-corrected chi connectivity index (χ1v) is 18.5. The second-order valence-electron chi connectivity index (χ2n) is 13.8. The Morgan fingerprint density at radius 3 is 2.28 bits per heavy atom. The SMILES string of the molecule is Cc1ccc(OC(=O)c2ccc3n[nH]nc3c2)cc1.Cc1ccc(OCCCNC(=O)c2ccc3c(N(C)C(=O)n4nc(C)c(C)c4C)cccc3c2O)c(C)c1. The van der Waals surface area contributed by atoms with E-state index in [9.17, 15) is 19.5 Å². The van der Waals surface area contributed by atoms with Crippen molar-refractivity contribution in [2.24, 2.45) is 0 Å². The normalized spacial score (nSPS) is 10.9. The van der Waals surface area contributed by atoms with Gasteiger partial charge in [-0.1, -0.05) is 53.6 Å². The Morgan fingerprint density at radius 1 is 0.825 bits per heavy atom. The summed E-state index contributed by atoms with van der Waals surface area (Å²) in [6, 6.07) is 26.7. The standard InChI is InChI=1S/C30H34N4O4.C14H11N3O2/c1-18-11-14-27(19(2)17-18)38-16-8-15-31-29(36)25-13-12-23-24(28(25)35)9-7-10-26(23)33(6)30(37)34-22(5)20(3)21(4)32-34;1-9-2-5-11(6-3-9)19-14(18)10-4-7-12-13(8-10)16-17-15-12/h7,9-14,17,35H,8,15-16H2,1-6H3,(H,31,36);2-8H,1H3,(H,15,16,17). The number of nitrogens with zero attached hydrogens (tertiary/aromatic N) is 5. The summed E-state index contributed by atoms with van der Waals surface area (Å²) < 4.78 is 12.5. The molecule has 13 heteroatoms. The van der Waals surface area contributed by atoms with Crippen LogP contribution in [0, 0.1) is 41.5 Å². The average molecular weight is 768 g/mol. The lowest BCUT2D eigenvalue weighted by Crippen LogP contribution is -2.32. The molecule has 5 aromatic carbocycles. The molecule has 13 nitrogen and oxygen atoms in total. The van der Waals surface area contributed by atoms with Crippen LogP contribution < -0.4 is 19.7 Å². The molecule has 0 bridgehead atoms. The van der Waals surface area contributed by atoms with E-state index in [2.05, 4.69) is 31.9 Å². The highest BCUT2D eigenvalue weighted by Crippen LogP contribution is 2.35. The maximum atomic E-state index is 13.2. The molecule has 0 saturated heterocycles. The summed E-state index contributed by atoms with van der Waals surface area (Å²) in [5.74, 6) is 0.450. The van der Waals surface area contributed by atoms with E-state index in [1.807, 2.05) is 65.8 Å². The Hall–Kier alpha value is -7.02. The average Bonchev–Trinajstić information content (AvgIpc) is 3.78. The number of esters is 1. The first-order valence-electron chi connectivity index (χ1n) is 18.5. The summed E-state index contributed by atoms with van der Waals surface area (Å²) in [5, 5.41) is 29.7. The highest BCUT2D eigenvalue weighted by Gasteiger charge is 2.22. The van der Waals surface area contributed by atoms with Crippen molar-refractivity contribution in [3.05, 3.63) is 136 Å². The number of aromatic amines is 1. The first-order chi connectivity index (χ1) is 27.3. The molecule has 7 rings (SSSR count). The summed E-state index contributed by atoms with van der Waals surface area (Å²) in [5.41, 5.74) is 8.49. The molecular weight excluding hydrogens is 723 g/mol. The minimum absolute atomic E-state index is 0.129. The Kier molecular flexibility index (Phi) is 12.0. The molecule has 0 spiro atoms. The summed E-state index contributed by atoms with van der Waals surface area (Å²) in [6.07, 6.45) is 0.621. The van der Waals surface area contributed by atoms with Gasteiger partial charge in [-0.05, 0) is 108 Å². The second-order valence-corrected chi connectivity index (χ2v) is 13.8. The number of phenols is 1. The van der Waals surface area contributed by atoms with Crippen molar-refractivity contribution < 1.29 is 29.0 Å². The van der Waals surface area contributed by atoms with Gasteiger partial charge in [0, 0.05) is 30.1 Å². The quantitative estimate of drug-likeness (QED) is 0.0749. The van der Waals surface area contributed by atoms with Crippen LogP contribution >= 0.6 is 0 Å². The molecule has 2 amide bonds. The van der Waals surface area contributed by atoms with Crippen LogP contribution in [0.2, 0.25) is 0 Å². The molecule has 7 aromatic rings. The molecule has 2 aromatic heterocycles. The van der Waals surface area contributed by atoms with Crippen LogP contribution in [0.4, 0.5) is 10.5 Å². The minimum atomic E-state index is -0.409. The fourth-order valence-corrected chi connectivity index (χ4v) is 6.21. The molecule has 0 aliphatic rings. The zero-order valence-corrected chi connectivity index (χ0v) is 33.0. The number of H-pyrrole nitrogens is 1. The predicted octanol–water partition coefficient (Wildman–Crippen LogP) is 8.07. The van der Waals surface area contributed by atoms with Crippen molar-refractivity contribution in [2.75, 3.05) is 25.1 Å². The van der Waals surface area contributed by atoms with Gasteiger partial charge in [0.05, 0.1) is 29.1 Å². The molecule has 0 aliphatic carbocycles. The van der Waals surface area contributed by atoms with Gasteiger partial charge in [0.15, 0.2) is 0 Å². The molecule has 2 heterocycles. The van der Waals surface area contributed by atoms with Crippen molar-refractivity contribution in [1.29, 1.82) is 0 Å². The van der Waals surface area contributed by atoms with Crippen LogP contribution in [0.3, 0.4) is 0 Å². The molecule has 292 valence electrons. The molecule has 0 fully saturated rings. The third-order valence-corrected chi connectivity index (χ3v) is 9.72. The van der Waals surface area contributed by atoms with Crippen molar-refractivity contribution in [2.45, 2.75) is 48.0 Å². The number of rotatable bonds is 9. The monoisotopic (exact) mass is 767 g/mol. The second kappa shape index (κ2) is 17.2. The lowest BCUT2D eigenvalue weighted by atomic mass is 10.0. The van der Waals surface area contributed by atoms with E-state index in [0.717, 1.165) is 33.8 Å². The number of ether oxygens (including phenoxy) is 2. The number of anilines is 1. The molecule has 0 saturated carbocycles. The lowest BCUT2D eigenvalue weighted by Gasteiger charge is -2.20. The van der Waals surface area contributed by atoms with Gasteiger partial charge in [-0.15, -0.1) is 0 Å². The molecule has 0 radical (unpaired) electrons. The van der Waals surface area contributed by atoms with E-state index >= 15 is 0 Å². The molecular formula is C44H45N7O6. The van der Waals surface area contributed by atoms with E-state index in [0.29, 0.717) is 58.4 Å². The number of hydrogen-bond donors (Lipinski definition) is 3.